The molecule has 1 rings (SSSR count). The van der Waals surface area contributed by atoms with Gasteiger partial charge in [0.15, 0.2) is 0 Å². The lowest BCUT2D eigenvalue weighted by atomic mass is 10.2. The standard InChI is InChI=1S/C13H13F3N2O2/c1-3-8-17-12(19)18(2)9-10-6-4-5-7-11(10)20-13(14,15)16/h1,4-7H,8-9H2,2H3,(H,17,19). The number of para-hydroxylation sites is 1. The van der Waals surface area contributed by atoms with E-state index in [0.29, 0.717) is 0 Å². The second-order valence-corrected chi connectivity index (χ2v) is 3.87. The highest BCUT2D eigenvalue weighted by atomic mass is 19.4. The van der Waals surface area contributed by atoms with Gasteiger partial charge in [0.1, 0.15) is 5.75 Å². The van der Waals surface area contributed by atoms with Crippen molar-refractivity contribution in [2.24, 2.45) is 0 Å². The zero-order chi connectivity index (χ0) is 15.2. The third-order valence-corrected chi connectivity index (χ3v) is 2.29. The molecule has 0 aliphatic rings. The summed E-state index contributed by atoms with van der Waals surface area (Å²) in [5.41, 5.74) is 0.239. The van der Waals surface area contributed by atoms with Crippen molar-refractivity contribution in [3.8, 4) is 18.1 Å². The number of amides is 2. The zero-order valence-corrected chi connectivity index (χ0v) is 10.7. The number of alkyl halides is 3. The second kappa shape index (κ2) is 6.70. The number of halogens is 3. The van der Waals surface area contributed by atoms with Crippen LogP contribution in [0.3, 0.4) is 0 Å². The third-order valence-electron chi connectivity index (χ3n) is 2.29. The molecule has 0 bridgehead atoms. The molecule has 1 aromatic carbocycles. The van der Waals surface area contributed by atoms with Gasteiger partial charge in [0.25, 0.3) is 0 Å². The Labute approximate surface area is 114 Å². The Morgan fingerprint density at radius 3 is 2.70 bits per heavy atom. The molecule has 20 heavy (non-hydrogen) atoms. The van der Waals surface area contributed by atoms with Crippen LogP contribution in [0.15, 0.2) is 24.3 Å². The molecule has 108 valence electrons. The van der Waals surface area contributed by atoms with Gasteiger partial charge in [-0.05, 0) is 6.07 Å². The van der Waals surface area contributed by atoms with E-state index in [1.807, 2.05) is 0 Å². The highest BCUT2D eigenvalue weighted by molar-refractivity contribution is 5.74. The Bertz CT molecular complexity index is 509. The first-order valence-electron chi connectivity index (χ1n) is 5.59. The molecule has 4 nitrogen and oxygen atoms in total. The van der Waals surface area contributed by atoms with Crippen LogP contribution in [0.25, 0.3) is 0 Å². The van der Waals surface area contributed by atoms with Crippen LogP contribution < -0.4 is 10.1 Å². The van der Waals surface area contributed by atoms with Crippen molar-refractivity contribution in [2.45, 2.75) is 12.9 Å². The van der Waals surface area contributed by atoms with Crippen LogP contribution in [0.5, 0.6) is 5.75 Å². The largest absolute Gasteiger partial charge is 0.573 e. The number of hydrogen-bond acceptors (Lipinski definition) is 2. The number of carbonyl (C=O) groups excluding carboxylic acids is 1. The van der Waals surface area contributed by atoms with Crippen molar-refractivity contribution >= 4 is 6.03 Å². The van der Waals surface area contributed by atoms with E-state index in [0.717, 1.165) is 0 Å². The van der Waals surface area contributed by atoms with Gasteiger partial charge in [0, 0.05) is 12.6 Å². The SMILES string of the molecule is C#CCNC(=O)N(C)Cc1ccccc1OC(F)(F)F. The first kappa shape index (κ1) is 15.7. The molecule has 0 spiro atoms. The number of carbonyl (C=O) groups is 1. The number of terminal acetylenes is 1. The highest BCUT2D eigenvalue weighted by Gasteiger charge is 2.32. The Morgan fingerprint density at radius 2 is 2.10 bits per heavy atom. The molecule has 7 heteroatoms. The average molecular weight is 286 g/mol. The second-order valence-electron chi connectivity index (χ2n) is 3.87. The number of nitrogens with one attached hydrogen (secondary N) is 1. The van der Waals surface area contributed by atoms with Crippen LogP contribution >= 0.6 is 0 Å². The number of benzene rings is 1. The minimum absolute atomic E-state index is 0.0390. The van der Waals surface area contributed by atoms with E-state index < -0.39 is 12.4 Å². The summed E-state index contributed by atoms with van der Waals surface area (Å²) >= 11 is 0. The quantitative estimate of drug-likeness (QED) is 0.863. The molecule has 0 atom stereocenters. The Hall–Kier alpha value is -2.36. The molecule has 0 unspecified atom stereocenters. The zero-order valence-electron chi connectivity index (χ0n) is 10.7. The van der Waals surface area contributed by atoms with Gasteiger partial charge in [-0.2, -0.15) is 0 Å². The number of ether oxygens (including phenoxy) is 1. The van der Waals surface area contributed by atoms with Crippen molar-refractivity contribution in [2.75, 3.05) is 13.6 Å². The van der Waals surface area contributed by atoms with Crippen LogP contribution in [-0.2, 0) is 6.54 Å². The topological polar surface area (TPSA) is 41.6 Å². The fraction of sp³-hybridized carbons (Fsp3) is 0.308. The predicted molar refractivity (Wildman–Crippen MR) is 66.8 cm³/mol. The van der Waals surface area contributed by atoms with Crippen LogP contribution in [0.2, 0.25) is 0 Å². The van der Waals surface area contributed by atoms with Gasteiger partial charge < -0.3 is 15.0 Å². The summed E-state index contributed by atoms with van der Waals surface area (Å²) in [5.74, 6) is 1.89. The van der Waals surface area contributed by atoms with Crippen LogP contribution in [-0.4, -0.2) is 30.9 Å². The fourth-order valence-electron chi connectivity index (χ4n) is 1.45. The summed E-state index contributed by atoms with van der Waals surface area (Å²) < 4.78 is 40.6. The summed E-state index contributed by atoms with van der Waals surface area (Å²) in [6.45, 7) is 0.00648. The molecule has 0 aliphatic carbocycles. The fourth-order valence-corrected chi connectivity index (χ4v) is 1.45. The van der Waals surface area contributed by atoms with Gasteiger partial charge in [-0.25, -0.2) is 4.79 Å². The molecule has 1 N–H and O–H groups in total. The third kappa shape index (κ3) is 5.10. The van der Waals surface area contributed by atoms with Crippen molar-refractivity contribution in [1.82, 2.24) is 10.2 Å². The molecule has 1 aromatic rings. The molecule has 0 aliphatic heterocycles. The molecule has 0 aromatic heterocycles. The van der Waals surface area contributed by atoms with E-state index in [-0.39, 0.29) is 24.4 Å². The molecule has 2 amide bonds. The van der Waals surface area contributed by atoms with Gasteiger partial charge in [-0.1, -0.05) is 24.1 Å². The maximum Gasteiger partial charge on any atom is 0.573 e. The maximum absolute atomic E-state index is 12.2. The van der Waals surface area contributed by atoms with Gasteiger partial charge >= 0.3 is 12.4 Å². The normalized spacial score (nSPS) is 10.6. The summed E-state index contributed by atoms with van der Waals surface area (Å²) in [7, 11) is 1.44. The van der Waals surface area contributed by atoms with Crippen molar-refractivity contribution in [1.29, 1.82) is 0 Å². The summed E-state index contributed by atoms with van der Waals surface area (Å²) in [5, 5.41) is 2.41. The van der Waals surface area contributed by atoms with E-state index in [2.05, 4.69) is 16.0 Å². The lowest BCUT2D eigenvalue weighted by Gasteiger charge is -2.19. The average Bonchev–Trinajstić information content (AvgIpc) is 2.36. The van der Waals surface area contributed by atoms with Crippen LogP contribution in [0.4, 0.5) is 18.0 Å². The molecule has 0 saturated heterocycles. The Balaban J connectivity index is 2.77. The van der Waals surface area contributed by atoms with Crippen molar-refractivity contribution < 1.29 is 22.7 Å². The minimum atomic E-state index is -4.78. The number of urea groups is 1. The summed E-state index contributed by atoms with van der Waals surface area (Å²) in [4.78, 5) is 12.8. The molecule has 0 saturated carbocycles. The molecule has 0 radical (unpaired) electrons. The molecular weight excluding hydrogens is 273 g/mol. The predicted octanol–water partition coefficient (Wildman–Crippen LogP) is 2.36. The van der Waals surface area contributed by atoms with E-state index in [9.17, 15) is 18.0 Å². The lowest BCUT2D eigenvalue weighted by molar-refractivity contribution is -0.274. The first-order valence-corrected chi connectivity index (χ1v) is 5.59. The van der Waals surface area contributed by atoms with Gasteiger partial charge in [0.05, 0.1) is 13.1 Å². The van der Waals surface area contributed by atoms with E-state index in [1.54, 1.807) is 6.07 Å². The lowest BCUT2D eigenvalue weighted by Crippen LogP contribution is -2.37. The Morgan fingerprint density at radius 1 is 1.45 bits per heavy atom. The smallest absolute Gasteiger partial charge is 0.405 e. The highest BCUT2D eigenvalue weighted by Crippen LogP contribution is 2.26. The number of hydrogen-bond donors (Lipinski definition) is 1. The summed E-state index contributed by atoms with van der Waals surface area (Å²) in [6.07, 6.45) is 0.217. The monoisotopic (exact) mass is 286 g/mol. The number of rotatable bonds is 4. The first-order chi connectivity index (χ1) is 9.33. The van der Waals surface area contributed by atoms with Gasteiger partial charge in [0.2, 0.25) is 0 Å². The Kier molecular flexibility index (Phi) is 5.26. The summed E-state index contributed by atoms with van der Waals surface area (Å²) in [6, 6.07) is 5.14. The van der Waals surface area contributed by atoms with E-state index in [4.69, 9.17) is 6.42 Å². The van der Waals surface area contributed by atoms with E-state index in [1.165, 1.54) is 30.1 Å². The molecular formula is C13H13F3N2O2. The van der Waals surface area contributed by atoms with Gasteiger partial charge in [-0.15, -0.1) is 19.6 Å². The maximum atomic E-state index is 12.2. The van der Waals surface area contributed by atoms with Crippen molar-refractivity contribution in [3.05, 3.63) is 29.8 Å². The van der Waals surface area contributed by atoms with Crippen molar-refractivity contribution in [3.63, 3.8) is 0 Å². The number of nitrogens with zero attached hydrogens (tertiary/aromatic N) is 1. The van der Waals surface area contributed by atoms with Gasteiger partial charge in [-0.3, -0.25) is 0 Å². The molecule has 0 fully saturated rings. The van der Waals surface area contributed by atoms with Crippen LogP contribution in [0, 0.1) is 12.3 Å². The van der Waals surface area contributed by atoms with E-state index >= 15 is 0 Å². The minimum Gasteiger partial charge on any atom is -0.405 e. The molecule has 0 heterocycles. The van der Waals surface area contributed by atoms with Crippen LogP contribution in [0.1, 0.15) is 5.56 Å².